The molecule has 0 radical (unpaired) electrons. The molecule has 0 bridgehead atoms. The molecule has 1 aromatic rings. The van der Waals surface area contributed by atoms with E-state index in [9.17, 15) is 20.2 Å². The summed E-state index contributed by atoms with van der Waals surface area (Å²) in [4.78, 5) is 32.1. The fourth-order valence-electron chi connectivity index (χ4n) is 2.77. The zero-order chi connectivity index (χ0) is 17.3. The molecule has 0 aliphatic carbocycles. The number of hydrogen-bond acceptors (Lipinski definition) is 6. The van der Waals surface area contributed by atoms with Gasteiger partial charge in [-0.3, -0.25) is 10.1 Å². The molecule has 122 valence electrons. The van der Waals surface area contributed by atoms with Crippen molar-refractivity contribution in [1.82, 2.24) is 4.90 Å². The number of nitro groups is 1. The number of hydrogen-bond donors (Lipinski definition) is 0. The molecule has 2 amide bonds. The summed E-state index contributed by atoms with van der Waals surface area (Å²) in [6, 6.07) is 6.68. The first-order chi connectivity index (χ1) is 11.5. The third kappa shape index (κ3) is 2.58. The Balaban J connectivity index is 2.13. The summed E-state index contributed by atoms with van der Waals surface area (Å²) in [6.45, 7) is 2.33. The van der Waals surface area contributed by atoms with Crippen LogP contribution in [-0.4, -0.2) is 40.7 Å². The van der Waals surface area contributed by atoms with E-state index in [1.165, 1.54) is 23.1 Å². The van der Waals surface area contributed by atoms with Gasteiger partial charge in [0.1, 0.15) is 12.5 Å². The Kier molecular flexibility index (Phi) is 3.95. The molecular formula is C15H13N5O4. The first kappa shape index (κ1) is 15.6. The number of amidine groups is 1. The van der Waals surface area contributed by atoms with Crippen molar-refractivity contribution in [3.05, 3.63) is 39.9 Å². The lowest BCUT2D eigenvalue weighted by Crippen LogP contribution is -2.46. The van der Waals surface area contributed by atoms with Gasteiger partial charge in [0.05, 0.1) is 23.6 Å². The van der Waals surface area contributed by atoms with Crippen LogP contribution < -0.4 is 0 Å². The van der Waals surface area contributed by atoms with Crippen LogP contribution in [0.1, 0.15) is 18.5 Å². The lowest BCUT2D eigenvalue weighted by atomic mass is 9.88. The number of carbonyl (C=O) groups excluding carboxylic acids is 1. The minimum atomic E-state index is -0.781. The third-order valence-corrected chi connectivity index (χ3v) is 3.86. The van der Waals surface area contributed by atoms with Crippen LogP contribution in [0.2, 0.25) is 0 Å². The van der Waals surface area contributed by atoms with Crippen molar-refractivity contribution >= 4 is 23.5 Å². The molecule has 9 nitrogen and oxygen atoms in total. The Bertz CT molecular complexity index is 810. The highest BCUT2D eigenvalue weighted by atomic mass is 16.6. The molecule has 2 atom stereocenters. The third-order valence-electron chi connectivity index (χ3n) is 3.86. The fraction of sp³-hybridized carbons (Fsp3) is 0.333. The topological polar surface area (TPSA) is 121 Å². The Labute approximate surface area is 137 Å². The Morgan fingerprint density at radius 3 is 2.92 bits per heavy atom. The number of carbonyl (C=O) groups is 1. The van der Waals surface area contributed by atoms with E-state index in [-0.39, 0.29) is 11.7 Å². The van der Waals surface area contributed by atoms with Gasteiger partial charge in [-0.25, -0.2) is 19.7 Å². The monoisotopic (exact) mass is 327 g/mol. The SMILES string of the molecule is CC1=NC(=O)N(C2=NCCO2)C(c2cccc([N+](=O)[O-])c2)C1C#N. The van der Waals surface area contributed by atoms with E-state index in [0.717, 1.165) is 0 Å². The maximum absolute atomic E-state index is 12.4. The molecular weight excluding hydrogens is 314 g/mol. The van der Waals surface area contributed by atoms with Gasteiger partial charge in [0.25, 0.3) is 11.7 Å². The number of nitriles is 1. The molecule has 0 aromatic heterocycles. The quantitative estimate of drug-likeness (QED) is 0.608. The average Bonchev–Trinajstić information content (AvgIpc) is 3.08. The molecule has 0 saturated carbocycles. The van der Waals surface area contributed by atoms with Crippen LogP contribution in [0.25, 0.3) is 0 Å². The van der Waals surface area contributed by atoms with E-state index in [1.54, 1.807) is 13.0 Å². The number of nitro benzene ring substituents is 1. The van der Waals surface area contributed by atoms with Crippen molar-refractivity contribution in [3.8, 4) is 6.07 Å². The number of urea groups is 1. The smallest absolute Gasteiger partial charge is 0.352 e. The van der Waals surface area contributed by atoms with Crippen molar-refractivity contribution < 1.29 is 14.5 Å². The number of rotatable bonds is 2. The zero-order valence-electron chi connectivity index (χ0n) is 12.7. The molecule has 1 aromatic carbocycles. The highest BCUT2D eigenvalue weighted by molar-refractivity contribution is 6.05. The molecule has 2 aliphatic heterocycles. The van der Waals surface area contributed by atoms with E-state index in [4.69, 9.17) is 4.74 Å². The molecule has 0 spiro atoms. The van der Waals surface area contributed by atoms with Gasteiger partial charge in [-0.05, 0) is 12.5 Å². The molecule has 0 fully saturated rings. The largest absolute Gasteiger partial charge is 0.463 e. The van der Waals surface area contributed by atoms with E-state index < -0.39 is 22.9 Å². The first-order valence-corrected chi connectivity index (χ1v) is 7.22. The highest BCUT2D eigenvalue weighted by Gasteiger charge is 2.42. The second-order valence-corrected chi connectivity index (χ2v) is 5.32. The summed E-state index contributed by atoms with van der Waals surface area (Å²) in [5.74, 6) is -0.753. The predicted molar refractivity (Wildman–Crippen MR) is 83.5 cm³/mol. The van der Waals surface area contributed by atoms with E-state index >= 15 is 0 Å². The van der Waals surface area contributed by atoms with Crippen molar-refractivity contribution in [2.75, 3.05) is 13.2 Å². The molecule has 2 heterocycles. The van der Waals surface area contributed by atoms with Gasteiger partial charge < -0.3 is 4.74 Å². The minimum absolute atomic E-state index is 0.0907. The van der Waals surface area contributed by atoms with Crippen LogP contribution in [0, 0.1) is 27.4 Å². The minimum Gasteiger partial charge on any atom is -0.463 e. The van der Waals surface area contributed by atoms with Gasteiger partial charge in [-0.15, -0.1) is 0 Å². The lowest BCUT2D eigenvalue weighted by molar-refractivity contribution is -0.385. The first-order valence-electron chi connectivity index (χ1n) is 7.22. The number of benzene rings is 1. The number of nitrogens with zero attached hydrogens (tertiary/aromatic N) is 5. The molecule has 2 aliphatic rings. The van der Waals surface area contributed by atoms with E-state index in [1.807, 2.05) is 0 Å². The van der Waals surface area contributed by atoms with Crippen molar-refractivity contribution in [2.24, 2.45) is 15.9 Å². The molecule has 0 N–H and O–H groups in total. The number of aliphatic imine (C=N–C) groups is 2. The van der Waals surface area contributed by atoms with Gasteiger partial charge in [0.2, 0.25) is 0 Å². The molecule has 2 unspecified atom stereocenters. The molecule has 24 heavy (non-hydrogen) atoms. The summed E-state index contributed by atoms with van der Waals surface area (Å²) in [7, 11) is 0. The molecule has 0 saturated heterocycles. The van der Waals surface area contributed by atoms with Gasteiger partial charge >= 0.3 is 6.03 Å². The summed E-state index contributed by atoms with van der Waals surface area (Å²) >= 11 is 0. The van der Waals surface area contributed by atoms with Crippen LogP contribution in [0.4, 0.5) is 10.5 Å². The van der Waals surface area contributed by atoms with Crippen molar-refractivity contribution in [1.29, 1.82) is 5.26 Å². The zero-order valence-corrected chi connectivity index (χ0v) is 12.7. The second kappa shape index (κ2) is 6.08. The van der Waals surface area contributed by atoms with Gasteiger partial charge in [0, 0.05) is 17.8 Å². The number of amides is 2. The average molecular weight is 327 g/mol. The van der Waals surface area contributed by atoms with E-state index in [0.29, 0.717) is 24.4 Å². The van der Waals surface area contributed by atoms with Gasteiger partial charge in [-0.2, -0.15) is 5.26 Å². The van der Waals surface area contributed by atoms with Crippen molar-refractivity contribution in [2.45, 2.75) is 13.0 Å². The summed E-state index contributed by atoms with van der Waals surface area (Å²) in [5.41, 5.74) is 0.691. The summed E-state index contributed by atoms with van der Waals surface area (Å²) < 4.78 is 5.36. The Morgan fingerprint density at radius 2 is 2.29 bits per heavy atom. The maximum atomic E-state index is 12.4. The highest BCUT2D eigenvalue weighted by Crippen LogP contribution is 2.36. The number of ether oxygens (including phenoxy) is 1. The normalized spacial score (nSPS) is 23.2. The lowest BCUT2D eigenvalue weighted by Gasteiger charge is -2.35. The number of non-ortho nitro benzene ring substituents is 1. The standard InChI is InChI=1S/C15H13N5O4/c1-9-12(8-16)13(10-3-2-4-11(7-10)20(22)23)19(14(21)18-9)15-17-5-6-24-15/h2-4,7,12-13H,5-6H2,1H3. The summed E-state index contributed by atoms with van der Waals surface area (Å²) in [5, 5.41) is 20.6. The predicted octanol–water partition coefficient (Wildman–Crippen LogP) is 2.06. The van der Waals surface area contributed by atoms with Crippen LogP contribution in [0.3, 0.4) is 0 Å². The van der Waals surface area contributed by atoms with Gasteiger partial charge in [-0.1, -0.05) is 12.1 Å². The van der Waals surface area contributed by atoms with Crippen LogP contribution >= 0.6 is 0 Å². The fourth-order valence-corrected chi connectivity index (χ4v) is 2.77. The van der Waals surface area contributed by atoms with Crippen LogP contribution in [0.5, 0.6) is 0 Å². The van der Waals surface area contributed by atoms with E-state index in [2.05, 4.69) is 16.1 Å². The Hall–Kier alpha value is -3.28. The molecule has 9 heteroatoms. The van der Waals surface area contributed by atoms with Gasteiger partial charge in [0.15, 0.2) is 0 Å². The van der Waals surface area contributed by atoms with Crippen LogP contribution in [0.15, 0.2) is 34.3 Å². The van der Waals surface area contributed by atoms with Crippen LogP contribution in [-0.2, 0) is 4.74 Å². The summed E-state index contributed by atoms with van der Waals surface area (Å²) in [6.07, 6.45) is 0. The second-order valence-electron chi connectivity index (χ2n) is 5.32. The maximum Gasteiger partial charge on any atom is 0.352 e. The Morgan fingerprint density at radius 1 is 1.50 bits per heavy atom. The molecule has 3 rings (SSSR count). The van der Waals surface area contributed by atoms with Crippen molar-refractivity contribution in [3.63, 3.8) is 0 Å².